The molecule has 4 aromatic rings. The van der Waals surface area contributed by atoms with Crippen molar-refractivity contribution in [3.8, 4) is 11.5 Å². The number of carbonyl (C=O) groups excluding carboxylic acids is 1. The number of ether oxygens (including phenoxy) is 2. The van der Waals surface area contributed by atoms with Gasteiger partial charge in [0.25, 0.3) is 0 Å². The van der Waals surface area contributed by atoms with E-state index in [0.29, 0.717) is 34.6 Å². The van der Waals surface area contributed by atoms with E-state index < -0.39 is 0 Å². The minimum absolute atomic E-state index is 0.0557. The molecule has 0 radical (unpaired) electrons. The fraction of sp³-hybridized carbons (Fsp3) is 0.143. The Morgan fingerprint density at radius 3 is 2.36 bits per heavy atom. The Hall–Kier alpha value is -4.12. The van der Waals surface area contributed by atoms with E-state index in [1.54, 1.807) is 36.4 Å². The summed E-state index contributed by atoms with van der Waals surface area (Å²) in [7, 11) is 0. The lowest BCUT2D eigenvalue weighted by Crippen LogP contribution is -2.06. The SMILES string of the molecule is C=CCOc1ccc(C=C(C(=O)c2ccc(OC(C)C)cc2)c2nc3ccccc3o2)cc1. The highest BCUT2D eigenvalue weighted by atomic mass is 16.5. The first-order chi connectivity index (χ1) is 16.0. The summed E-state index contributed by atoms with van der Waals surface area (Å²) in [6.07, 6.45) is 3.53. The van der Waals surface area contributed by atoms with Crippen LogP contribution in [0, 0.1) is 0 Å². The van der Waals surface area contributed by atoms with E-state index in [1.807, 2.05) is 62.4 Å². The molecule has 0 amide bonds. The lowest BCUT2D eigenvalue weighted by atomic mass is 10.0. The van der Waals surface area contributed by atoms with Crippen LogP contribution >= 0.6 is 0 Å². The Balaban J connectivity index is 1.71. The number of rotatable bonds is 9. The molecule has 5 nitrogen and oxygen atoms in total. The summed E-state index contributed by atoms with van der Waals surface area (Å²) in [4.78, 5) is 18.1. The van der Waals surface area contributed by atoms with E-state index in [-0.39, 0.29) is 17.8 Å². The largest absolute Gasteiger partial charge is 0.491 e. The molecule has 3 aromatic carbocycles. The van der Waals surface area contributed by atoms with Crippen molar-refractivity contribution in [2.24, 2.45) is 0 Å². The number of Topliss-reactive ketones (excluding diaryl/α,β-unsaturated/α-hetero) is 1. The maximum absolute atomic E-state index is 13.5. The van der Waals surface area contributed by atoms with Gasteiger partial charge in [0.1, 0.15) is 23.6 Å². The average Bonchev–Trinajstić information content (AvgIpc) is 3.25. The Kier molecular flexibility index (Phi) is 6.69. The zero-order valence-electron chi connectivity index (χ0n) is 18.7. The summed E-state index contributed by atoms with van der Waals surface area (Å²) in [5, 5.41) is 0. The maximum Gasteiger partial charge on any atom is 0.231 e. The molecule has 0 aliphatic heterocycles. The molecule has 0 bridgehead atoms. The van der Waals surface area contributed by atoms with Crippen molar-refractivity contribution in [1.82, 2.24) is 4.98 Å². The number of fused-ring (bicyclic) bond motifs is 1. The van der Waals surface area contributed by atoms with Crippen molar-refractivity contribution in [1.29, 1.82) is 0 Å². The van der Waals surface area contributed by atoms with Gasteiger partial charge in [-0.25, -0.2) is 4.98 Å². The second kappa shape index (κ2) is 10.0. The van der Waals surface area contributed by atoms with E-state index in [1.165, 1.54) is 0 Å². The van der Waals surface area contributed by atoms with Crippen molar-refractivity contribution in [3.05, 3.63) is 102 Å². The number of benzene rings is 3. The fourth-order valence-electron chi connectivity index (χ4n) is 3.31. The fourth-order valence-corrected chi connectivity index (χ4v) is 3.31. The summed E-state index contributed by atoms with van der Waals surface area (Å²) >= 11 is 0. The van der Waals surface area contributed by atoms with Gasteiger partial charge in [0.2, 0.25) is 5.89 Å². The second-order valence-corrected chi connectivity index (χ2v) is 7.73. The summed E-state index contributed by atoms with van der Waals surface area (Å²) in [6.45, 7) is 8.00. The van der Waals surface area contributed by atoms with Gasteiger partial charge in [-0.15, -0.1) is 0 Å². The lowest BCUT2D eigenvalue weighted by molar-refractivity contribution is 0.105. The first-order valence-electron chi connectivity index (χ1n) is 10.8. The molecule has 0 aliphatic carbocycles. The van der Waals surface area contributed by atoms with Gasteiger partial charge in [0, 0.05) is 5.56 Å². The number of carbonyl (C=O) groups is 1. The third kappa shape index (κ3) is 5.39. The molecule has 0 atom stereocenters. The number of para-hydroxylation sites is 2. The Morgan fingerprint density at radius 2 is 1.70 bits per heavy atom. The first kappa shape index (κ1) is 22.1. The summed E-state index contributed by atoms with van der Waals surface area (Å²) < 4.78 is 17.2. The Morgan fingerprint density at radius 1 is 1.00 bits per heavy atom. The van der Waals surface area contributed by atoms with Crippen LogP contribution in [0.2, 0.25) is 0 Å². The zero-order chi connectivity index (χ0) is 23.2. The zero-order valence-corrected chi connectivity index (χ0v) is 18.7. The molecule has 33 heavy (non-hydrogen) atoms. The summed E-state index contributed by atoms with van der Waals surface area (Å²) in [5.41, 5.74) is 3.03. The molecule has 166 valence electrons. The van der Waals surface area contributed by atoms with Crippen LogP contribution in [0.25, 0.3) is 22.7 Å². The smallest absolute Gasteiger partial charge is 0.231 e. The number of nitrogens with zero attached hydrogens (tertiary/aromatic N) is 1. The minimum Gasteiger partial charge on any atom is -0.491 e. The van der Waals surface area contributed by atoms with E-state index >= 15 is 0 Å². The van der Waals surface area contributed by atoms with Crippen molar-refractivity contribution in [3.63, 3.8) is 0 Å². The molecule has 0 fully saturated rings. The van der Waals surface area contributed by atoms with Gasteiger partial charge in [-0.2, -0.15) is 0 Å². The summed E-state index contributed by atoms with van der Waals surface area (Å²) in [5.74, 6) is 1.52. The lowest BCUT2D eigenvalue weighted by Gasteiger charge is -2.10. The number of hydrogen-bond donors (Lipinski definition) is 0. The molecule has 0 spiro atoms. The van der Waals surface area contributed by atoms with Crippen LogP contribution in [0.5, 0.6) is 11.5 Å². The highest BCUT2D eigenvalue weighted by molar-refractivity contribution is 6.31. The average molecular weight is 440 g/mol. The van der Waals surface area contributed by atoms with Crippen LogP contribution in [-0.4, -0.2) is 23.5 Å². The third-order valence-electron chi connectivity index (χ3n) is 4.82. The standard InChI is InChI=1S/C28H25NO4/c1-4-17-31-22-13-9-20(10-14-22)18-24(28-29-25-7-5-6-8-26(25)33-28)27(30)21-11-15-23(16-12-21)32-19(2)3/h4-16,18-19H,1,17H2,2-3H3. The van der Waals surface area contributed by atoms with Crippen LogP contribution in [0.1, 0.15) is 35.7 Å². The van der Waals surface area contributed by atoms with Crippen molar-refractivity contribution >= 4 is 28.5 Å². The third-order valence-corrected chi connectivity index (χ3v) is 4.82. The van der Waals surface area contributed by atoms with Crippen LogP contribution in [0.3, 0.4) is 0 Å². The number of allylic oxidation sites excluding steroid dienone is 1. The number of aromatic nitrogens is 1. The molecular weight excluding hydrogens is 414 g/mol. The normalized spacial score (nSPS) is 11.5. The summed E-state index contributed by atoms with van der Waals surface area (Å²) in [6, 6.07) is 22.0. The van der Waals surface area contributed by atoms with Gasteiger partial charge in [0.15, 0.2) is 11.4 Å². The van der Waals surface area contributed by atoms with Gasteiger partial charge in [-0.3, -0.25) is 4.79 Å². The van der Waals surface area contributed by atoms with Gasteiger partial charge < -0.3 is 13.9 Å². The van der Waals surface area contributed by atoms with E-state index in [0.717, 1.165) is 11.3 Å². The van der Waals surface area contributed by atoms with Crippen molar-refractivity contribution < 1.29 is 18.7 Å². The number of hydrogen-bond acceptors (Lipinski definition) is 5. The molecule has 0 unspecified atom stereocenters. The van der Waals surface area contributed by atoms with Crippen molar-refractivity contribution in [2.45, 2.75) is 20.0 Å². The van der Waals surface area contributed by atoms with Crippen LogP contribution < -0.4 is 9.47 Å². The van der Waals surface area contributed by atoms with E-state index in [4.69, 9.17) is 13.9 Å². The molecule has 5 heteroatoms. The van der Waals surface area contributed by atoms with Crippen molar-refractivity contribution in [2.75, 3.05) is 6.61 Å². The molecule has 0 N–H and O–H groups in total. The van der Waals surface area contributed by atoms with Crippen LogP contribution in [0.4, 0.5) is 0 Å². The van der Waals surface area contributed by atoms with Gasteiger partial charge >= 0.3 is 0 Å². The highest BCUT2D eigenvalue weighted by Crippen LogP contribution is 2.27. The Labute approximate surface area is 193 Å². The monoisotopic (exact) mass is 439 g/mol. The van der Waals surface area contributed by atoms with Gasteiger partial charge in [0.05, 0.1) is 11.7 Å². The van der Waals surface area contributed by atoms with Crippen LogP contribution in [-0.2, 0) is 0 Å². The van der Waals surface area contributed by atoms with E-state index in [9.17, 15) is 4.79 Å². The quantitative estimate of drug-likeness (QED) is 0.167. The number of ketones is 1. The molecule has 4 rings (SSSR count). The molecule has 1 heterocycles. The predicted octanol–water partition coefficient (Wildman–Crippen LogP) is 6.60. The molecule has 1 aromatic heterocycles. The maximum atomic E-state index is 13.5. The first-order valence-corrected chi connectivity index (χ1v) is 10.8. The molecule has 0 saturated heterocycles. The highest BCUT2D eigenvalue weighted by Gasteiger charge is 2.20. The predicted molar refractivity (Wildman–Crippen MR) is 131 cm³/mol. The van der Waals surface area contributed by atoms with Gasteiger partial charge in [-0.05, 0) is 74.0 Å². The van der Waals surface area contributed by atoms with E-state index in [2.05, 4.69) is 11.6 Å². The van der Waals surface area contributed by atoms with Crippen LogP contribution in [0.15, 0.2) is 89.9 Å². The molecule has 0 aliphatic rings. The topological polar surface area (TPSA) is 61.6 Å². The minimum atomic E-state index is -0.190. The molecule has 0 saturated carbocycles. The van der Waals surface area contributed by atoms with Gasteiger partial charge in [-0.1, -0.05) is 36.9 Å². The molecular formula is C28H25NO4. The second-order valence-electron chi connectivity index (χ2n) is 7.73. The Bertz CT molecular complexity index is 1250. The number of oxazole rings is 1.